The van der Waals surface area contributed by atoms with Crippen molar-refractivity contribution in [3.05, 3.63) is 84.2 Å². The molecule has 5 heteroatoms. The Bertz CT molecular complexity index is 1150. The molecule has 128 valence electrons. The van der Waals surface area contributed by atoms with Gasteiger partial charge in [-0.1, -0.05) is 12.1 Å². The van der Waals surface area contributed by atoms with Crippen molar-refractivity contribution in [2.24, 2.45) is 0 Å². The molecule has 0 spiro atoms. The van der Waals surface area contributed by atoms with Gasteiger partial charge in [-0.15, -0.1) is 0 Å². The van der Waals surface area contributed by atoms with E-state index in [0.29, 0.717) is 22.2 Å². The van der Waals surface area contributed by atoms with Gasteiger partial charge in [0.05, 0.1) is 11.0 Å². The maximum Gasteiger partial charge on any atom is 0.159 e. The molecule has 0 saturated heterocycles. The van der Waals surface area contributed by atoms with Crippen LogP contribution in [0.3, 0.4) is 0 Å². The molecule has 0 bridgehead atoms. The standard InChI is InChI=1S/C21H14F2N2O/c1-13(26)14-5-8-21-20(10-14)24-12-25(21)17-4-2-3-15(9-17)18-7-6-16(22)11-19(18)23/h2-12H,1H3. The minimum atomic E-state index is -0.608. The number of nitrogens with zero attached hydrogens (tertiary/aromatic N) is 2. The Morgan fingerprint density at radius 1 is 1.00 bits per heavy atom. The lowest BCUT2D eigenvalue weighted by atomic mass is 10.0. The Morgan fingerprint density at radius 2 is 1.85 bits per heavy atom. The van der Waals surface area contributed by atoms with Crippen LogP contribution in [-0.2, 0) is 0 Å². The minimum Gasteiger partial charge on any atom is -0.299 e. The van der Waals surface area contributed by atoms with Gasteiger partial charge in [0, 0.05) is 22.9 Å². The summed E-state index contributed by atoms with van der Waals surface area (Å²) in [5, 5.41) is 0. The highest BCUT2D eigenvalue weighted by Gasteiger charge is 2.10. The molecule has 0 fully saturated rings. The Hall–Kier alpha value is -3.34. The zero-order valence-electron chi connectivity index (χ0n) is 13.9. The van der Waals surface area contributed by atoms with Gasteiger partial charge in [0.1, 0.15) is 18.0 Å². The molecule has 0 unspecified atom stereocenters. The summed E-state index contributed by atoms with van der Waals surface area (Å²) in [5.74, 6) is -1.23. The molecule has 4 rings (SSSR count). The van der Waals surface area contributed by atoms with Crippen LogP contribution < -0.4 is 0 Å². The highest BCUT2D eigenvalue weighted by Crippen LogP contribution is 2.27. The van der Waals surface area contributed by atoms with Gasteiger partial charge >= 0.3 is 0 Å². The zero-order chi connectivity index (χ0) is 18.3. The van der Waals surface area contributed by atoms with E-state index in [-0.39, 0.29) is 5.78 Å². The fourth-order valence-electron chi connectivity index (χ4n) is 2.98. The van der Waals surface area contributed by atoms with Crippen LogP contribution in [0.5, 0.6) is 0 Å². The summed E-state index contributed by atoms with van der Waals surface area (Å²) in [6.07, 6.45) is 1.66. The van der Waals surface area contributed by atoms with E-state index in [1.807, 2.05) is 28.8 Å². The summed E-state index contributed by atoms with van der Waals surface area (Å²) in [7, 11) is 0. The topological polar surface area (TPSA) is 34.9 Å². The molecule has 0 amide bonds. The Morgan fingerprint density at radius 3 is 2.62 bits per heavy atom. The van der Waals surface area contributed by atoms with Gasteiger partial charge in [-0.25, -0.2) is 13.8 Å². The van der Waals surface area contributed by atoms with Gasteiger partial charge < -0.3 is 0 Å². The van der Waals surface area contributed by atoms with Gasteiger partial charge in [0.15, 0.2) is 5.78 Å². The monoisotopic (exact) mass is 348 g/mol. The lowest BCUT2D eigenvalue weighted by molar-refractivity contribution is 0.101. The number of carbonyl (C=O) groups is 1. The number of ketones is 1. The molecule has 1 heterocycles. The van der Waals surface area contributed by atoms with E-state index < -0.39 is 11.6 Å². The van der Waals surface area contributed by atoms with Gasteiger partial charge in [0.25, 0.3) is 0 Å². The summed E-state index contributed by atoms with van der Waals surface area (Å²) < 4.78 is 29.1. The van der Waals surface area contributed by atoms with Crippen molar-refractivity contribution in [2.45, 2.75) is 6.92 Å². The molecule has 1 aromatic heterocycles. The molecule has 3 aromatic carbocycles. The molecular weight excluding hydrogens is 334 g/mol. The maximum atomic E-state index is 14.1. The average molecular weight is 348 g/mol. The quantitative estimate of drug-likeness (QED) is 0.479. The second-order valence-corrected chi connectivity index (χ2v) is 6.05. The summed E-state index contributed by atoms with van der Waals surface area (Å²) in [6, 6.07) is 16.2. The van der Waals surface area contributed by atoms with Crippen LogP contribution in [0, 0.1) is 11.6 Å². The van der Waals surface area contributed by atoms with E-state index in [4.69, 9.17) is 0 Å². The SMILES string of the molecule is CC(=O)c1ccc2c(c1)ncn2-c1cccc(-c2ccc(F)cc2F)c1. The number of Topliss-reactive ketones (excluding diaryl/α,β-unsaturated/α-hetero) is 1. The highest BCUT2D eigenvalue weighted by molar-refractivity contribution is 5.97. The molecule has 0 radical (unpaired) electrons. The van der Waals surface area contributed by atoms with Crippen molar-refractivity contribution >= 4 is 16.8 Å². The van der Waals surface area contributed by atoms with Crippen molar-refractivity contribution < 1.29 is 13.6 Å². The van der Waals surface area contributed by atoms with E-state index in [2.05, 4.69) is 4.98 Å². The van der Waals surface area contributed by atoms with E-state index in [0.717, 1.165) is 17.3 Å². The third-order valence-electron chi connectivity index (χ3n) is 4.32. The molecule has 0 saturated carbocycles. The van der Waals surface area contributed by atoms with Crippen molar-refractivity contribution in [2.75, 3.05) is 0 Å². The van der Waals surface area contributed by atoms with Gasteiger partial charge in [-0.05, 0) is 55.0 Å². The zero-order valence-corrected chi connectivity index (χ0v) is 13.9. The number of aromatic nitrogens is 2. The lowest BCUT2D eigenvalue weighted by Crippen LogP contribution is -1.95. The van der Waals surface area contributed by atoms with E-state index >= 15 is 0 Å². The van der Waals surface area contributed by atoms with Crippen LogP contribution in [0.2, 0.25) is 0 Å². The van der Waals surface area contributed by atoms with Crippen LogP contribution in [0.15, 0.2) is 67.0 Å². The molecular formula is C21H14F2N2O. The lowest BCUT2D eigenvalue weighted by Gasteiger charge is -2.09. The Balaban J connectivity index is 1.82. The number of hydrogen-bond donors (Lipinski definition) is 0. The largest absolute Gasteiger partial charge is 0.299 e. The Kier molecular flexibility index (Phi) is 3.84. The summed E-state index contributed by atoms with van der Waals surface area (Å²) in [5.41, 5.74) is 3.91. The second-order valence-electron chi connectivity index (χ2n) is 6.05. The van der Waals surface area contributed by atoms with E-state index in [1.54, 1.807) is 24.5 Å². The predicted octanol–water partition coefficient (Wildman–Crippen LogP) is 5.17. The van der Waals surface area contributed by atoms with Crippen LogP contribution in [-0.4, -0.2) is 15.3 Å². The summed E-state index contributed by atoms with van der Waals surface area (Å²) in [4.78, 5) is 15.9. The highest BCUT2D eigenvalue weighted by atomic mass is 19.1. The number of halogens is 2. The van der Waals surface area contributed by atoms with Crippen LogP contribution in [0.25, 0.3) is 27.8 Å². The van der Waals surface area contributed by atoms with Crippen molar-refractivity contribution in [1.29, 1.82) is 0 Å². The summed E-state index contributed by atoms with van der Waals surface area (Å²) >= 11 is 0. The average Bonchev–Trinajstić information content (AvgIpc) is 3.05. The first kappa shape index (κ1) is 16.1. The predicted molar refractivity (Wildman–Crippen MR) is 96.4 cm³/mol. The van der Waals surface area contributed by atoms with E-state index in [1.165, 1.54) is 19.1 Å². The first-order valence-corrected chi connectivity index (χ1v) is 8.07. The fraction of sp³-hybridized carbons (Fsp3) is 0.0476. The third-order valence-corrected chi connectivity index (χ3v) is 4.32. The molecule has 0 aliphatic rings. The molecule has 4 aromatic rings. The normalized spacial score (nSPS) is 11.0. The Labute approximate surface area is 148 Å². The minimum absolute atomic E-state index is 0.0183. The second kappa shape index (κ2) is 6.19. The maximum absolute atomic E-state index is 14.1. The molecule has 0 aliphatic carbocycles. The number of rotatable bonds is 3. The van der Waals surface area contributed by atoms with Gasteiger partial charge in [-0.2, -0.15) is 0 Å². The molecule has 0 aliphatic heterocycles. The number of carbonyl (C=O) groups excluding carboxylic acids is 1. The van der Waals surface area contributed by atoms with Gasteiger partial charge in [0.2, 0.25) is 0 Å². The number of benzene rings is 3. The fourth-order valence-corrected chi connectivity index (χ4v) is 2.98. The number of hydrogen-bond acceptors (Lipinski definition) is 2. The number of imidazole rings is 1. The molecule has 0 N–H and O–H groups in total. The molecule has 26 heavy (non-hydrogen) atoms. The first-order valence-electron chi connectivity index (χ1n) is 8.07. The van der Waals surface area contributed by atoms with Crippen molar-refractivity contribution in [3.8, 4) is 16.8 Å². The molecule has 3 nitrogen and oxygen atoms in total. The van der Waals surface area contributed by atoms with Crippen LogP contribution in [0.1, 0.15) is 17.3 Å². The third kappa shape index (κ3) is 2.77. The first-order chi connectivity index (χ1) is 12.5. The smallest absolute Gasteiger partial charge is 0.159 e. The van der Waals surface area contributed by atoms with Gasteiger partial charge in [-0.3, -0.25) is 9.36 Å². The molecule has 0 atom stereocenters. The summed E-state index contributed by atoms with van der Waals surface area (Å²) in [6.45, 7) is 1.51. The number of fused-ring (bicyclic) bond motifs is 1. The van der Waals surface area contributed by atoms with Crippen LogP contribution >= 0.6 is 0 Å². The van der Waals surface area contributed by atoms with Crippen molar-refractivity contribution in [3.63, 3.8) is 0 Å². The van der Waals surface area contributed by atoms with Crippen molar-refractivity contribution in [1.82, 2.24) is 9.55 Å². The van der Waals surface area contributed by atoms with E-state index in [9.17, 15) is 13.6 Å². The van der Waals surface area contributed by atoms with Crippen LogP contribution in [0.4, 0.5) is 8.78 Å².